The first-order valence-corrected chi connectivity index (χ1v) is 9.63. The lowest BCUT2D eigenvalue weighted by molar-refractivity contribution is -0.127. The van der Waals surface area contributed by atoms with Crippen LogP contribution in [0.4, 0.5) is 30.6 Å². The van der Waals surface area contributed by atoms with Crippen LogP contribution in [-0.2, 0) is 11.2 Å². The molecule has 3 aromatic rings. The second kappa shape index (κ2) is 9.50. The Morgan fingerprint density at radius 3 is 2.58 bits per heavy atom. The highest BCUT2D eigenvalue weighted by Crippen LogP contribution is 2.34. The summed E-state index contributed by atoms with van der Waals surface area (Å²) in [6, 6.07) is 6.70. The first-order chi connectivity index (χ1) is 14.8. The Kier molecular flexibility index (Phi) is 6.78. The summed E-state index contributed by atoms with van der Waals surface area (Å²) in [5.41, 5.74) is 0.494. The molecule has 0 saturated carbocycles. The summed E-state index contributed by atoms with van der Waals surface area (Å²) < 4.78 is 48.4. The second-order valence-electron chi connectivity index (χ2n) is 6.86. The number of nitrogens with one attached hydrogen (secondary N) is 2. The molecule has 0 aliphatic carbocycles. The number of aryl methyl sites for hydroxylation is 1. The number of aromatic nitrogens is 2. The molecule has 0 aliphatic heterocycles. The lowest BCUT2D eigenvalue weighted by atomic mass is 10.1. The van der Waals surface area contributed by atoms with Gasteiger partial charge in [-0.15, -0.1) is 5.10 Å². The number of benzene rings is 2. The van der Waals surface area contributed by atoms with E-state index in [9.17, 15) is 18.0 Å². The maximum atomic E-state index is 14.6. The van der Waals surface area contributed by atoms with Crippen LogP contribution in [-0.4, -0.2) is 41.1 Å². The molecule has 3 rings (SSSR count). The monoisotopic (exact) mass is 433 g/mol. The van der Waals surface area contributed by atoms with Crippen LogP contribution in [0, 0.1) is 17.5 Å². The molecule has 164 valence electrons. The van der Waals surface area contributed by atoms with Crippen molar-refractivity contribution >= 4 is 23.3 Å². The number of hydrogen-bond acceptors (Lipinski definition) is 6. The van der Waals surface area contributed by atoms with Gasteiger partial charge in [-0.05, 0) is 36.2 Å². The van der Waals surface area contributed by atoms with E-state index in [1.807, 2.05) is 6.92 Å². The van der Waals surface area contributed by atoms with Crippen LogP contribution in [0.1, 0.15) is 19.4 Å². The number of anilines is 3. The normalized spacial score (nSPS) is 10.8. The summed E-state index contributed by atoms with van der Waals surface area (Å²) in [4.78, 5) is 12.7. The molecule has 1 amide bonds. The molecule has 31 heavy (non-hydrogen) atoms. The molecule has 7 nitrogen and oxygen atoms in total. The Labute approximate surface area is 177 Å². The Morgan fingerprint density at radius 2 is 1.90 bits per heavy atom. The molecule has 0 fully saturated rings. The van der Waals surface area contributed by atoms with E-state index in [-0.39, 0.29) is 34.8 Å². The molecular weight excluding hydrogens is 411 g/mol. The average Bonchev–Trinajstić information content (AvgIpc) is 3.21. The van der Waals surface area contributed by atoms with Gasteiger partial charge in [0.1, 0.15) is 5.82 Å². The first kappa shape index (κ1) is 22.1. The van der Waals surface area contributed by atoms with E-state index in [2.05, 4.69) is 20.8 Å². The van der Waals surface area contributed by atoms with E-state index in [0.717, 1.165) is 11.6 Å². The van der Waals surface area contributed by atoms with Gasteiger partial charge in [-0.25, -0.2) is 13.2 Å². The standard InChI is InChI=1S/C21H22F3N5O2/c1-4-13-5-8-17(16(23)11-13)26-19-14(6-7-15(22)18(19)24)20-27-28-21(31-20)25-9-10-29(3)12(2)30/h5-8,11,26H,4,9-10H2,1-3H3,(H,25,28). The minimum Gasteiger partial charge on any atom is -0.403 e. The third-order valence-electron chi connectivity index (χ3n) is 4.71. The summed E-state index contributed by atoms with van der Waals surface area (Å²) in [6.45, 7) is 4.07. The van der Waals surface area contributed by atoms with Gasteiger partial charge in [-0.1, -0.05) is 18.1 Å². The minimum absolute atomic E-state index is 0.0203. The number of hydrogen-bond donors (Lipinski definition) is 2. The highest BCUT2D eigenvalue weighted by Gasteiger charge is 2.20. The molecule has 0 radical (unpaired) electrons. The van der Waals surface area contributed by atoms with Gasteiger partial charge in [0.15, 0.2) is 11.6 Å². The Balaban J connectivity index is 1.85. The van der Waals surface area contributed by atoms with Crippen molar-refractivity contribution in [2.24, 2.45) is 0 Å². The lowest BCUT2D eigenvalue weighted by Crippen LogP contribution is -2.29. The van der Waals surface area contributed by atoms with Gasteiger partial charge < -0.3 is 20.0 Å². The van der Waals surface area contributed by atoms with E-state index >= 15 is 0 Å². The molecule has 2 N–H and O–H groups in total. The predicted octanol–water partition coefficient (Wildman–Crippen LogP) is 4.35. The van der Waals surface area contributed by atoms with Crippen LogP contribution in [0.15, 0.2) is 34.7 Å². The summed E-state index contributed by atoms with van der Waals surface area (Å²) in [7, 11) is 1.65. The van der Waals surface area contributed by atoms with Gasteiger partial charge in [0.2, 0.25) is 5.91 Å². The van der Waals surface area contributed by atoms with Gasteiger partial charge in [-0.3, -0.25) is 4.79 Å². The van der Waals surface area contributed by atoms with Crippen molar-refractivity contribution in [3.8, 4) is 11.5 Å². The fraction of sp³-hybridized carbons (Fsp3) is 0.286. The van der Waals surface area contributed by atoms with E-state index < -0.39 is 17.5 Å². The van der Waals surface area contributed by atoms with E-state index in [0.29, 0.717) is 19.5 Å². The van der Waals surface area contributed by atoms with Crippen molar-refractivity contribution in [3.05, 3.63) is 53.3 Å². The van der Waals surface area contributed by atoms with Crippen LogP contribution in [0.2, 0.25) is 0 Å². The lowest BCUT2D eigenvalue weighted by Gasteiger charge is -2.14. The highest BCUT2D eigenvalue weighted by molar-refractivity contribution is 5.78. The number of carbonyl (C=O) groups is 1. The number of halogens is 3. The average molecular weight is 433 g/mol. The zero-order valence-corrected chi connectivity index (χ0v) is 17.3. The quantitative estimate of drug-likeness (QED) is 0.550. The maximum absolute atomic E-state index is 14.6. The zero-order chi connectivity index (χ0) is 22.5. The number of rotatable bonds is 8. The fourth-order valence-corrected chi connectivity index (χ4v) is 2.76. The SMILES string of the molecule is CCc1ccc(Nc2c(-c3nnc(NCCN(C)C(C)=O)o3)ccc(F)c2F)c(F)c1. The predicted molar refractivity (Wildman–Crippen MR) is 111 cm³/mol. The summed E-state index contributed by atoms with van der Waals surface area (Å²) in [6.07, 6.45) is 0.636. The van der Waals surface area contributed by atoms with E-state index in [1.54, 1.807) is 13.1 Å². The first-order valence-electron chi connectivity index (χ1n) is 9.63. The molecule has 0 atom stereocenters. The van der Waals surface area contributed by atoms with Crippen LogP contribution >= 0.6 is 0 Å². The molecule has 0 bridgehead atoms. The van der Waals surface area contributed by atoms with Crippen molar-refractivity contribution in [3.63, 3.8) is 0 Å². The molecule has 0 unspecified atom stereocenters. The molecule has 0 aliphatic rings. The summed E-state index contributed by atoms with van der Waals surface area (Å²) in [5, 5.41) is 13.1. The summed E-state index contributed by atoms with van der Waals surface area (Å²) in [5.74, 6) is -3.09. The van der Waals surface area contributed by atoms with E-state index in [1.165, 1.54) is 30.0 Å². The Bertz CT molecular complexity index is 1090. The fourth-order valence-electron chi connectivity index (χ4n) is 2.76. The molecule has 1 heterocycles. The van der Waals surface area contributed by atoms with Gasteiger partial charge in [-0.2, -0.15) is 0 Å². The van der Waals surface area contributed by atoms with Crippen LogP contribution in [0.5, 0.6) is 0 Å². The topological polar surface area (TPSA) is 83.3 Å². The second-order valence-corrected chi connectivity index (χ2v) is 6.86. The third-order valence-corrected chi connectivity index (χ3v) is 4.71. The van der Waals surface area contributed by atoms with Gasteiger partial charge in [0, 0.05) is 27.1 Å². The largest absolute Gasteiger partial charge is 0.403 e. The molecule has 0 spiro atoms. The van der Waals surface area contributed by atoms with Gasteiger partial charge in [0.05, 0.1) is 16.9 Å². The zero-order valence-electron chi connectivity index (χ0n) is 17.3. The van der Waals surface area contributed by atoms with Crippen molar-refractivity contribution < 1.29 is 22.4 Å². The van der Waals surface area contributed by atoms with Crippen molar-refractivity contribution in [2.45, 2.75) is 20.3 Å². The molecule has 10 heteroatoms. The minimum atomic E-state index is -1.20. The Hall–Kier alpha value is -3.56. The summed E-state index contributed by atoms with van der Waals surface area (Å²) >= 11 is 0. The third kappa shape index (κ3) is 5.14. The number of likely N-dealkylation sites (N-methyl/N-ethyl adjacent to an activating group) is 1. The van der Waals surface area contributed by atoms with Crippen molar-refractivity contribution in [1.82, 2.24) is 15.1 Å². The number of carbonyl (C=O) groups excluding carboxylic acids is 1. The van der Waals surface area contributed by atoms with Gasteiger partial charge in [0.25, 0.3) is 5.89 Å². The molecule has 0 saturated heterocycles. The van der Waals surface area contributed by atoms with E-state index in [4.69, 9.17) is 4.42 Å². The van der Waals surface area contributed by atoms with Crippen molar-refractivity contribution in [2.75, 3.05) is 30.8 Å². The van der Waals surface area contributed by atoms with Gasteiger partial charge >= 0.3 is 6.01 Å². The molecular formula is C21H22F3N5O2. The maximum Gasteiger partial charge on any atom is 0.315 e. The highest BCUT2D eigenvalue weighted by atomic mass is 19.2. The number of amides is 1. The van der Waals surface area contributed by atoms with Crippen LogP contribution in [0.3, 0.4) is 0 Å². The Morgan fingerprint density at radius 1 is 1.13 bits per heavy atom. The smallest absolute Gasteiger partial charge is 0.315 e. The van der Waals surface area contributed by atoms with Crippen LogP contribution in [0.25, 0.3) is 11.5 Å². The van der Waals surface area contributed by atoms with Crippen molar-refractivity contribution in [1.29, 1.82) is 0 Å². The number of nitrogens with zero attached hydrogens (tertiary/aromatic N) is 3. The molecule has 2 aromatic carbocycles. The van der Waals surface area contributed by atoms with Crippen LogP contribution < -0.4 is 10.6 Å². The molecule has 1 aromatic heterocycles.